The van der Waals surface area contributed by atoms with Crippen LogP contribution in [0.2, 0.25) is 0 Å². The first-order valence-corrected chi connectivity index (χ1v) is 7.17. The highest BCUT2D eigenvalue weighted by atomic mass is 16.4. The van der Waals surface area contributed by atoms with Crippen molar-refractivity contribution in [3.8, 4) is 0 Å². The number of hydrogen-bond acceptors (Lipinski definition) is 4. The molecule has 2 rings (SSSR count). The molecular formula is C17H21N3O2. The monoisotopic (exact) mass is 299 g/mol. The lowest BCUT2D eigenvalue weighted by Gasteiger charge is -2.31. The summed E-state index contributed by atoms with van der Waals surface area (Å²) < 4.78 is 0. The van der Waals surface area contributed by atoms with E-state index < -0.39 is 5.97 Å². The fourth-order valence-electron chi connectivity index (χ4n) is 2.63. The maximum absolute atomic E-state index is 11.0. The second-order valence-corrected chi connectivity index (χ2v) is 5.47. The molecule has 2 unspecified atom stereocenters. The summed E-state index contributed by atoms with van der Waals surface area (Å²) in [7, 11) is 4.05. The summed E-state index contributed by atoms with van der Waals surface area (Å²) in [6.07, 6.45) is 0. The molecule has 5 nitrogen and oxygen atoms in total. The van der Waals surface area contributed by atoms with Gasteiger partial charge in [0.2, 0.25) is 0 Å². The van der Waals surface area contributed by atoms with Crippen molar-refractivity contribution in [2.45, 2.75) is 19.0 Å². The smallest absolute Gasteiger partial charge is 0.354 e. The van der Waals surface area contributed by atoms with E-state index in [4.69, 9.17) is 5.11 Å². The number of hydrogen-bond donors (Lipinski definition) is 2. The third kappa shape index (κ3) is 3.83. The van der Waals surface area contributed by atoms with Gasteiger partial charge in [-0.3, -0.25) is 0 Å². The van der Waals surface area contributed by atoms with Gasteiger partial charge in [0.1, 0.15) is 5.82 Å². The number of likely N-dealkylation sites (N-methyl/N-ethyl adjacent to an activating group) is 1. The minimum atomic E-state index is -1.02. The number of pyridine rings is 1. The Morgan fingerprint density at radius 3 is 2.41 bits per heavy atom. The van der Waals surface area contributed by atoms with Crippen LogP contribution in [0.1, 0.15) is 29.0 Å². The Kier molecular flexibility index (Phi) is 5.12. The van der Waals surface area contributed by atoms with Crippen LogP contribution in [-0.2, 0) is 0 Å². The first-order chi connectivity index (χ1) is 10.5. The number of anilines is 1. The molecule has 1 aromatic heterocycles. The van der Waals surface area contributed by atoms with Crippen LogP contribution in [0.5, 0.6) is 0 Å². The predicted octanol–water partition coefficient (Wildman–Crippen LogP) is 2.88. The molecule has 2 aromatic rings. The second kappa shape index (κ2) is 7.04. The molecule has 22 heavy (non-hydrogen) atoms. The number of nitrogens with zero attached hydrogens (tertiary/aromatic N) is 2. The van der Waals surface area contributed by atoms with Crippen molar-refractivity contribution in [1.29, 1.82) is 0 Å². The standard InChI is InChI=1S/C17H21N3O2/c1-12(16(20(2)3)13-8-5-4-6-9-13)18-15-11-7-10-14(19-15)17(21)22/h4-12,16H,1-3H3,(H,18,19)(H,21,22). The van der Waals surface area contributed by atoms with E-state index in [1.54, 1.807) is 12.1 Å². The summed E-state index contributed by atoms with van der Waals surface area (Å²) in [5.74, 6) is -0.460. The van der Waals surface area contributed by atoms with Gasteiger partial charge in [-0.1, -0.05) is 36.4 Å². The van der Waals surface area contributed by atoms with Crippen LogP contribution in [0.4, 0.5) is 5.82 Å². The highest BCUT2D eigenvalue weighted by molar-refractivity contribution is 5.85. The SMILES string of the molecule is CC(Nc1cccc(C(=O)O)n1)C(c1ccccc1)N(C)C. The van der Waals surface area contributed by atoms with Crippen LogP contribution in [0.15, 0.2) is 48.5 Å². The molecule has 0 bridgehead atoms. The zero-order valence-electron chi connectivity index (χ0n) is 13.0. The van der Waals surface area contributed by atoms with Gasteiger partial charge in [0.25, 0.3) is 0 Å². The second-order valence-electron chi connectivity index (χ2n) is 5.47. The van der Waals surface area contributed by atoms with Crippen LogP contribution in [0.3, 0.4) is 0 Å². The molecule has 1 aromatic carbocycles. The molecule has 0 spiro atoms. The number of carboxylic acid groups (broad SMARTS) is 1. The average molecular weight is 299 g/mol. The van der Waals surface area contributed by atoms with E-state index in [-0.39, 0.29) is 17.8 Å². The number of aromatic nitrogens is 1. The summed E-state index contributed by atoms with van der Waals surface area (Å²) >= 11 is 0. The van der Waals surface area contributed by atoms with Crippen molar-refractivity contribution in [2.24, 2.45) is 0 Å². The van der Waals surface area contributed by atoms with Crippen LogP contribution in [0, 0.1) is 0 Å². The normalized spacial score (nSPS) is 13.6. The molecular weight excluding hydrogens is 278 g/mol. The van der Waals surface area contributed by atoms with E-state index in [2.05, 4.69) is 34.3 Å². The first kappa shape index (κ1) is 16.0. The summed E-state index contributed by atoms with van der Waals surface area (Å²) in [6, 6.07) is 15.4. The topological polar surface area (TPSA) is 65.5 Å². The molecule has 1 heterocycles. The molecule has 0 aliphatic heterocycles. The van der Waals surface area contributed by atoms with Crippen molar-refractivity contribution >= 4 is 11.8 Å². The molecule has 0 amide bonds. The lowest BCUT2D eigenvalue weighted by molar-refractivity contribution is 0.0690. The van der Waals surface area contributed by atoms with Crippen LogP contribution in [0.25, 0.3) is 0 Å². The van der Waals surface area contributed by atoms with Crippen molar-refractivity contribution in [3.05, 3.63) is 59.8 Å². The highest BCUT2D eigenvalue weighted by Crippen LogP contribution is 2.24. The van der Waals surface area contributed by atoms with E-state index >= 15 is 0 Å². The predicted molar refractivity (Wildman–Crippen MR) is 87.2 cm³/mol. The van der Waals surface area contributed by atoms with Crippen LogP contribution in [-0.4, -0.2) is 41.1 Å². The summed E-state index contributed by atoms with van der Waals surface area (Å²) in [4.78, 5) is 17.3. The van der Waals surface area contributed by atoms with E-state index in [1.807, 2.05) is 32.3 Å². The highest BCUT2D eigenvalue weighted by Gasteiger charge is 2.21. The van der Waals surface area contributed by atoms with Crippen LogP contribution < -0.4 is 5.32 Å². The summed E-state index contributed by atoms with van der Waals surface area (Å²) in [5.41, 5.74) is 1.24. The maximum Gasteiger partial charge on any atom is 0.354 e. The lowest BCUT2D eigenvalue weighted by Crippen LogP contribution is -2.34. The first-order valence-electron chi connectivity index (χ1n) is 7.17. The Morgan fingerprint density at radius 1 is 1.14 bits per heavy atom. The van der Waals surface area contributed by atoms with Gasteiger partial charge in [0.15, 0.2) is 5.69 Å². The average Bonchev–Trinajstić information content (AvgIpc) is 2.48. The Hall–Kier alpha value is -2.40. The third-order valence-electron chi connectivity index (χ3n) is 3.51. The molecule has 0 aliphatic rings. The van der Waals surface area contributed by atoms with Gasteiger partial charge in [-0.25, -0.2) is 9.78 Å². The van der Waals surface area contributed by atoms with Crippen molar-refractivity contribution in [2.75, 3.05) is 19.4 Å². The van der Waals surface area contributed by atoms with Gasteiger partial charge in [0.05, 0.1) is 6.04 Å². The summed E-state index contributed by atoms with van der Waals surface area (Å²) in [5, 5.41) is 12.3. The Bertz CT molecular complexity index is 629. The number of rotatable bonds is 6. The van der Waals surface area contributed by atoms with E-state index in [0.717, 1.165) is 0 Å². The number of benzene rings is 1. The van der Waals surface area contributed by atoms with Gasteiger partial charge in [-0.05, 0) is 38.7 Å². The lowest BCUT2D eigenvalue weighted by atomic mass is 9.99. The molecule has 2 N–H and O–H groups in total. The van der Waals surface area contributed by atoms with E-state index in [1.165, 1.54) is 11.6 Å². The number of carboxylic acids is 1. The molecule has 0 aliphatic carbocycles. The Morgan fingerprint density at radius 2 is 1.82 bits per heavy atom. The molecule has 5 heteroatoms. The van der Waals surface area contributed by atoms with Crippen molar-refractivity contribution in [3.63, 3.8) is 0 Å². The zero-order chi connectivity index (χ0) is 16.1. The fourth-order valence-corrected chi connectivity index (χ4v) is 2.63. The molecule has 0 saturated heterocycles. The molecule has 2 atom stereocenters. The molecule has 0 radical (unpaired) electrons. The minimum Gasteiger partial charge on any atom is -0.477 e. The molecule has 0 fully saturated rings. The van der Waals surface area contributed by atoms with Gasteiger partial charge < -0.3 is 15.3 Å². The van der Waals surface area contributed by atoms with Gasteiger partial charge in [-0.15, -0.1) is 0 Å². The Balaban J connectivity index is 2.20. The largest absolute Gasteiger partial charge is 0.477 e. The number of nitrogens with one attached hydrogen (secondary N) is 1. The Labute approximate surface area is 130 Å². The van der Waals surface area contributed by atoms with E-state index in [0.29, 0.717) is 5.82 Å². The van der Waals surface area contributed by atoms with Crippen molar-refractivity contribution < 1.29 is 9.90 Å². The van der Waals surface area contributed by atoms with Crippen molar-refractivity contribution in [1.82, 2.24) is 9.88 Å². The maximum atomic E-state index is 11.0. The third-order valence-corrected chi connectivity index (χ3v) is 3.51. The zero-order valence-corrected chi connectivity index (χ0v) is 13.0. The summed E-state index contributed by atoms with van der Waals surface area (Å²) in [6.45, 7) is 2.06. The van der Waals surface area contributed by atoms with E-state index in [9.17, 15) is 4.79 Å². The molecule has 0 saturated carbocycles. The fraction of sp³-hybridized carbons (Fsp3) is 0.294. The minimum absolute atomic E-state index is 0.0401. The quantitative estimate of drug-likeness (QED) is 0.858. The number of aromatic carboxylic acids is 1. The van der Waals surface area contributed by atoms with Crippen LogP contribution >= 0.6 is 0 Å². The van der Waals surface area contributed by atoms with Gasteiger partial charge in [0, 0.05) is 6.04 Å². The molecule has 116 valence electrons. The van der Waals surface area contributed by atoms with Gasteiger partial charge >= 0.3 is 5.97 Å². The number of carbonyl (C=O) groups is 1. The van der Waals surface area contributed by atoms with Gasteiger partial charge in [-0.2, -0.15) is 0 Å².